The number of carbonyl (C=O) groups is 4. The van der Waals surface area contributed by atoms with Crippen molar-refractivity contribution < 1.29 is 54.2 Å². The molecule has 2 unspecified atom stereocenters. The lowest BCUT2D eigenvalue weighted by atomic mass is 9.80. The highest BCUT2D eigenvalue weighted by Crippen LogP contribution is 2.43. The summed E-state index contributed by atoms with van der Waals surface area (Å²) in [7, 11) is 1.25. The van der Waals surface area contributed by atoms with Gasteiger partial charge in [0.25, 0.3) is 0 Å². The zero-order valence-corrected chi connectivity index (χ0v) is 23.4. The first-order valence-corrected chi connectivity index (χ1v) is 12.1. The number of nitrogens with two attached hydrogens (primary N) is 1. The number of methoxy groups -OCH3 is 1. The highest BCUT2D eigenvalue weighted by molar-refractivity contribution is 6.42. The van der Waals surface area contributed by atoms with Gasteiger partial charge in [0.15, 0.2) is 0 Å². The average molecular weight is 607 g/mol. The van der Waals surface area contributed by atoms with E-state index in [1.54, 1.807) is 32.0 Å². The number of aliphatic carboxylic acids is 2. The number of rotatable bonds is 11. The van der Waals surface area contributed by atoms with E-state index in [2.05, 4.69) is 5.32 Å². The molecular weight excluding hydrogens is 575 g/mol. The van der Waals surface area contributed by atoms with Crippen LogP contribution in [0.25, 0.3) is 0 Å². The number of aliphatic hydroxyl groups excluding tert-OH is 1. The molecule has 1 aromatic carbocycles. The van der Waals surface area contributed by atoms with E-state index in [9.17, 15) is 24.3 Å². The molecular formula is C25H32Cl2N2O11. The largest absolute Gasteiger partial charge is 0.478 e. The second-order valence-corrected chi connectivity index (χ2v) is 8.54. The molecule has 1 heterocycles. The zero-order chi connectivity index (χ0) is 29.7. The van der Waals surface area contributed by atoms with Crippen molar-refractivity contribution in [2.24, 2.45) is 5.73 Å². The van der Waals surface area contributed by atoms with Crippen molar-refractivity contribution in [1.29, 1.82) is 0 Å². The smallest absolute Gasteiger partial charge is 0.336 e. The van der Waals surface area contributed by atoms with Crippen LogP contribution in [0.3, 0.4) is 0 Å². The molecule has 0 aliphatic carbocycles. The molecule has 0 radical (unpaired) electrons. The summed E-state index contributed by atoms with van der Waals surface area (Å²) < 4.78 is 15.8. The Morgan fingerprint density at radius 3 is 2.20 bits per heavy atom. The molecule has 8 N–H and O–H groups in total. The Balaban J connectivity index is 0.00000147. The van der Waals surface area contributed by atoms with Crippen LogP contribution in [-0.4, -0.2) is 84.3 Å². The molecule has 0 bridgehead atoms. The number of allylic oxidation sites excluding steroid dienone is 1. The van der Waals surface area contributed by atoms with E-state index in [0.717, 1.165) is 0 Å². The number of carbonyl (C=O) groups excluding carboxylic acids is 2. The fourth-order valence-corrected chi connectivity index (χ4v) is 3.82. The van der Waals surface area contributed by atoms with E-state index in [0.29, 0.717) is 29.1 Å². The Morgan fingerprint density at radius 2 is 1.70 bits per heavy atom. The molecule has 2 rings (SSSR count). The number of ether oxygens (including phenoxy) is 3. The van der Waals surface area contributed by atoms with Gasteiger partial charge in [0.1, 0.15) is 0 Å². The monoisotopic (exact) mass is 606 g/mol. The van der Waals surface area contributed by atoms with Gasteiger partial charge in [-0.3, -0.25) is 0 Å². The molecule has 1 aliphatic heterocycles. The van der Waals surface area contributed by atoms with E-state index < -0.39 is 35.9 Å². The second kappa shape index (κ2) is 18.0. The Hall–Kier alpha value is -3.46. The van der Waals surface area contributed by atoms with Crippen LogP contribution in [0.5, 0.6) is 0 Å². The lowest BCUT2D eigenvalue weighted by Gasteiger charge is -2.32. The number of esters is 2. The first kappa shape index (κ1) is 36.5. The molecule has 0 amide bonds. The summed E-state index contributed by atoms with van der Waals surface area (Å²) in [5, 5.41) is 28.8. The number of carboxylic acid groups (broad SMARTS) is 2. The van der Waals surface area contributed by atoms with E-state index in [4.69, 9.17) is 53.4 Å². The third-order valence-electron chi connectivity index (χ3n) is 5.04. The van der Waals surface area contributed by atoms with Crippen LogP contribution in [-0.2, 0) is 33.4 Å². The summed E-state index contributed by atoms with van der Waals surface area (Å²) in [5.74, 6) is -4.70. The van der Waals surface area contributed by atoms with Gasteiger partial charge >= 0.3 is 23.9 Å². The number of hydrogen-bond acceptors (Lipinski definition) is 10. The van der Waals surface area contributed by atoms with Crippen LogP contribution in [0.2, 0.25) is 10.0 Å². The maximum Gasteiger partial charge on any atom is 0.336 e. The molecule has 0 fully saturated rings. The van der Waals surface area contributed by atoms with Crippen LogP contribution < -0.4 is 11.1 Å². The highest BCUT2D eigenvalue weighted by Gasteiger charge is 2.40. The van der Waals surface area contributed by atoms with Gasteiger partial charge in [0.05, 0.1) is 65.8 Å². The predicted molar refractivity (Wildman–Crippen MR) is 145 cm³/mol. The number of nitrogens with one attached hydrogen (secondary N) is 1. The summed E-state index contributed by atoms with van der Waals surface area (Å²) in [6.07, 6.45) is 0.265. The lowest BCUT2D eigenvalue weighted by Crippen LogP contribution is -2.35. The van der Waals surface area contributed by atoms with Crippen molar-refractivity contribution in [3.05, 3.63) is 68.5 Å². The summed E-state index contributed by atoms with van der Waals surface area (Å²) in [6.45, 7) is 3.40. The minimum absolute atomic E-state index is 0. The molecule has 13 nitrogen and oxygen atoms in total. The second-order valence-electron chi connectivity index (χ2n) is 7.76. The SMILES string of the molecule is CCOC(=O)C1=C(COCC(O)CN)NC(C)=C(C(=O)OC)C1c1cccc(Cl)c1Cl.O.O=C(O)/C=C/C(=O)O. The summed E-state index contributed by atoms with van der Waals surface area (Å²) in [4.78, 5) is 44.8. The van der Waals surface area contributed by atoms with Gasteiger partial charge in [-0.15, -0.1) is 0 Å². The molecule has 0 spiro atoms. The van der Waals surface area contributed by atoms with E-state index in [-0.39, 0.29) is 53.0 Å². The molecule has 40 heavy (non-hydrogen) atoms. The van der Waals surface area contributed by atoms with Crippen molar-refractivity contribution in [2.75, 3.05) is 33.5 Å². The molecule has 0 aromatic heterocycles. The minimum atomic E-state index is -1.26. The van der Waals surface area contributed by atoms with Gasteiger partial charge in [0.2, 0.25) is 0 Å². The molecule has 1 aliphatic rings. The first-order chi connectivity index (χ1) is 18.4. The van der Waals surface area contributed by atoms with Crippen LogP contribution in [0.15, 0.2) is 52.9 Å². The van der Waals surface area contributed by atoms with Crippen LogP contribution in [0.4, 0.5) is 0 Å². The average Bonchev–Trinajstić information content (AvgIpc) is 2.88. The molecule has 0 saturated heterocycles. The van der Waals surface area contributed by atoms with Gasteiger partial charge in [-0.25, -0.2) is 19.2 Å². The number of carboxylic acids is 2. The van der Waals surface area contributed by atoms with E-state index in [1.807, 2.05) is 0 Å². The maximum absolute atomic E-state index is 13.0. The fraction of sp³-hybridized carbons (Fsp3) is 0.360. The maximum atomic E-state index is 13.0. The minimum Gasteiger partial charge on any atom is -0.478 e. The number of halogens is 2. The molecule has 2 atom stereocenters. The first-order valence-electron chi connectivity index (χ1n) is 11.4. The van der Waals surface area contributed by atoms with Crippen molar-refractivity contribution in [1.82, 2.24) is 5.32 Å². The highest BCUT2D eigenvalue weighted by atomic mass is 35.5. The lowest BCUT2D eigenvalue weighted by molar-refractivity contribution is -0.139. The summed E-state index contributed by atoms with van der Waals surface area (Å²) >= 11 is 12.7. The number of benzene rings is 1. The quantitative estimate of drug-likeness (QED) is 0.176. The molecule has 222 valence electrons. The van der Waals surface area contributed by atoms with Crippen molar-refractivity contribution in [2.45, 2.75) is 25.9 Å². The Morgan fingerprint density at radius 1 is 1.10 bits per heavy atom. The number of aliphatic hydroxyl groups is 1. The third-order valence-corrected chi connectivity index (χ3v) is 5.87. The van der Waals surface area contributed by atoms with E-state index >= 15 is 0 Å². The van der Waals surface area contributed by atoms with Gasteiger partial charge in [0, 0.05) is 24.4 Å². The molecule has 15 heteroatoms. The normalized spacial score (nSPS) is 15.3. The van der Waals surface area contributed by atoms with Crippen LogP contribution in [0, 0.1) is 0 Å². The Bertz CT molecular complexity index is 1150. The van der Waals surface area contributed by atoms with Crippen LogP contribution >= 0.6 is 23.2 Å². The van der Waals surface area contributed by atoms with Gasteiger partial charge in [-0.1, -0.05) is 35.3 Å². The standard InChI is InChI=1S/C21H26Cl2N2O6.C4H4O4.H2O/c1-4-31-21(28)18-15(10-30-9-12(26)8-24)25-11(2)16(20(27)29-3)17(18)13-6-5-7-14(22)19(13)23;5-3(6)1-2-4(7)8;/h5-7,12,17,25-26H,4,8-10,24H2,1-3H3;1-2H,(H,5,6)(H,7,8);1H2/b;2-1+;. The number of hydrogen-bond donors (Lipinski definition) is 5. The summed E-state index contributed by atoms with van der Waals surface area (Å²) in [6, 6.07) is 4.96. The van der Waals surface area contributed by atoms with Gasteiger partial charge < -0.3 is 46.1 Å². The van der Waals surface area contributed by atoms with E-state index in [1.165, 1.54) is 7.11 Å². The van der Waals surface area contributed by atoms with Gasteiger partial charge in [-0.2, -0.15) is 0 Å². The van der Waals surface area contributed by atoms with Crippen molar-refractivity contribution in [3.8, 4) is 0 Å². The van der Waals surface area contributed by atoms with Crippen LogP contribution in [0.1, 0.15) is 25.3 Å². The zero-order valence-electron chi connectivity index (χ0n) is 21.9. The number of dihydropyridines is 1. The van der Waals surface area contributed by atoms with Crippen molar-refractivity contribution >= 4 is 47.1 Å². The Labute approximate surface area is 240 Å². The Kier molecular flexibility index (Phi) is 16.4. The molecule has 0 saturated carbocycles. The van der Waals surface area contributed by atoms with Crippen molar-refractivity contribution in [3.63, 3.8) is 0 Å². The molecule has 1 aromatic rings. The van der Waals surface area contributed by atoms with Gasteiger partial charge in [-0.05, 0) is 25.5 Å². The predicted octanol–water partition coefficient (Wildman–Crippen LogP) is 1.17. The fourth-order valence-electron chi connectivity index (χ4n) is 3.40. The third kappa shape index (κ3) is 10.6. The topological polar surface area (TPSA) is 226 Å². The summed E-state index contributed by atoms with van der Waals surface area (Å²) in [5.41, 5.74) is 7.01.